The maximum Gasteiger partial charge on any atom is 0.244 e. The molecule has 1 saturated carbocycles. The zero-order valence-corrected chi connectivity index (χ0v) is 13.0. The Balaban J connectivity index is 2.14. The minimum atomic E-state index is -3.55. The van der Waals surface area contributed by atoms with E-state index in [1.54, 1.807) is 7.05 Å². The van der Waals surface area contributed by atoms with Crippen LogP contribution in [0.5, 0.6) is 0 Å². The van der Waals surface area contributed by atoms with Crippen molar-refractivity contribution in [2.24, 2.45) is 18.7 Å². The minimum absolute atomic E-state index is 0.199. The lowest BCUT2D eigenvalue weighted by Gasteiger charge is -2.39. The predicted octanol–water partition coefficient (Wildman–Crippen LogP) is 0.996. The summed E-state index contributed by atoms with van der Waals surface area (Å²) >= 11 is 0. The third-order valence-electron chi connectivity index (χ3n) is 4.37. The fourth-order valence-electron chi connectivity index (χ4n) is 2.87. The molecule has 1 heterocycles. The van der Waals surface area contributed by atoms with Crippen molar-refractivity contribution in [2.75, 3.05) is 6.54 Å². The molecule has 3 N–H and O–H groups in total. The van der Waals surface area contributed by atoms with Crippen molar-refractivity contribution in [1.82, 2.24) is 14.5 Å². The van der Waals surface area contributed by atoms with Gasteiger partial charge in [-0.05, 0) is 31.6 Å². The Bertz CT molecular complexity index is 544. The van der Waals surface area contributed by atoms with E-state index in [9.17, 15) is 8.42 Å². The highest BCUT2D eigenvalue weighted by Crippen LogP contribution is 2.34. The Morgan fingerprint density at radius 1 is 1.50 bits per heavy atom. The molecular weight excluding hydrogens is 276 g/mol. The van der Waals surface area contributed by atoms with Crippen molar-refractivity contribution < 1.29 is 8.42 Å². The molecule has 0 amide bonds. The van der Waals surface area contributed by atoms with Crippen LogP contribution in [0.3, 0.4) is 0 Å². The summed E-state index contributed by atoms with van der Waals surface area (Å²) in [6, 6.07) is 0. The normalized spacial score (nSPS) is 27.6. The van der Waals surface area contributed by atoms with Gasteiger partial charge in [0.05, 0.1) is 6.20 Å². The van der Waals surface area contributed by atoms with Gasteiger partial charge in [-0.2, -0.15) is 5.10 Å². The van der Waals surface area contributed by atoms with Gasteiger partial charge in [0.25, 0.3) is 0 Å². The van der Waals surface area contributed by atoms with Gasteiger partial charge < -0.3 is 5.73 Å². The van der Waals surface area contributed by atoms with E-state index in [4.69, 9.17) is 5.73 Å². The summed E-state index contributed by atoms with van der Waals surface area (Å²) in [4.78, 5) is 0.199. The monoisotopic (exact) mass is 300 g/mol. The second kappa shape index (κ2) is 5.83. The molecule has 0 spiro atoms. The van der Waals surface area contributed by atoms with Crippen LogP contribution in [0.4, 0.5) is 0 Å². The summed E-state index contributed by atoms with van der Waals surface area (Å²) < 4.78 is 29.1. The van der Waals surface area contributed by atoms with Gasteiger partial charge >= 0.3 is 0 Å². The molecule has 1 aliphatic carbocycles. The summed E-state index contributed by atoms with van der Waals surface area (Å²) in [5.74, 6) is 0.692. The summed E-state index contributed by atoms with van der Waals surface area (Å²) in [5, 5.41) is 3.92. The topological polar surface area (TPSA) is 90.0 Å². The van der Waals surface area contributed by atoms with Crippen molar-refractivity contribution in [3.05, 3.63) is 12.4 Å². The molecule has 0 aromatic carbocycles. The second-order valence-electron chi connectivity index (χ2n) is 5.79. The Morgan fingerprint density at radius 3 is 2.60 bits per heavy atom. The molecule has 1 aromatic heterocycles. The summed E-state index contributed by atoms with van der Waals surface area (Å²) in [6.07, 6.45) is 7.69. The average Bonchev–Trinajstić information content (AvgIpc) is 2.87. The van der Waals surface area contributed by atoms with Crippen molar-refractivity contribution in [3.8, 4) is 0 Å². The van der Waals surface area contributed by atoms with E-state index in [0.29, 0.717) is 12.5 Å². The van der Waals surface area contributed by atoms with E-state index in [2.05, 4.69) is 16.7 Å². The van der Waals surface area contributed by atoms with E-state index < -0.39 is 15.6 Å². The van der Waals surface area contributed by atoms with Crippen LogP contribution < -0.4 is 10.5 Å². The minimum Gasteiger partial charge on any atom is -0.329 e. The molecule has 0 saturated heterocycles. The van der Waals surface area contributed by atoms with Gasteiger partial charge in [-0.1, -0.05) is 13.3 Å². The number of sulfonamides is 1. The molecule has 0 aliphatic heterocycles. The highest BCUT2D eigenvalue weighted by molar-refractivity contribution is 7.89. The number of rotatable bonds is 5. The van der Waals surface area contributed by atoms with Crippen LogP contribution in [0.2, 0.25) is 0 Å². The molecule has 0 unspecified atom stereocenters. The van der Waals surface area contributed by atoms with E-state index in [1.165, 1.54) is 17.1 Å². The predicted molar refractivity (Wildman–Crippen MR) is 77.6 cm³/mol. The molecule has 0 radical (unpaired) electrons. The Labute approximate surface area is 120 Å². The number of nitrogens with two attached hydrogens (primary N) is 1. The second-order valence-corrected chi connectivity index (χ2v) is 7.47. The van der Waals surface area contributed by atoms with Gasteiger partial charge in [0, 0.05) is 25.3 Å². The number of nitrogens with zero attached hydrogens (tertiary/aromatic N) is 2. The average molecular weight is 300 g/mol. The van der Waals surface area contributed by atoms with Gasteiger partial charge in [-0.15, -0.1) is 0 Å². The van der Waals surface area contributed by atoms with Crippen LogP contribution in [0, 0.1) is 5.92 Å². The fourth-order valence-corrected chi connectivity index (χ4v) is 4.32. The largest absolute Gasteiger partial charge is 0.329 e. The van der Waals surface area contributed by atoms with E-state index in [1.807, 2.05) is 0 Å². The number of hydrogen-bond donors (Lipinski definition) is 2. The molecule has 2 rings (SSSR count). The highest BCUT2D eigenvalue weighted by Gasteiger charge is 2.37. The Hall–Kier alpha value is -0.920. The van der Waals surface area contributed by atoms with Crippen molar-refractivity contribution >= 4 is 10.0 Å². The summed E-state index contributed by atoms with van der Waals surface area (Å²) in [6.45, 7) is 2.52. The van der Waals surface area contributed by atoms with Gasteiger partial charge in [0.1, 0.15) is 4.90 Å². The van der Waals surface area contributed by atoms with Crippen LogP contribution >= 0.6 is 0 Å². The quantitative estimate of drug-likeness (QED) is 0.848. The van der Waals surface area contributed by atoms with Crippen LogP contribution in [0.1, 0.15) is 39.0 Å². The first kappa shape index (κ1) is 15.5. The van der Waals surface area contributed by atoms with Crippen LogP contribution in [-0.4, -0.2) is 30.3 Å². The maximum absolute atomic E-state index is 12.4. The van der Waals surface area contributed by atoms with Gasteiger partial charge in [-0.3, -0.25) is 4.68 Å². The number of aromatic nitrogens is 2. The number of hydrogen-bond acceptors (Lipinski definition) is 4. The number of aryl methyl sites for hydroxylation is 1. The maximum atomic E-state index is 12.4. The molecular formula is C13H24N4O2S. The zero-order valence-electron chi connectivity index (χ0n) is 12.2. The molecule has 1 aromatic rings. The smallest absolute Gasteiger partial charge is 0.244 e. The SMILES string of the molecule is CCC1CCC(CN)(NS(=O)(=O)c2cnn(C)c2)CC1. The van der Waals surface area contributed by atoms with Crippen LogP contribution in [-0.2, 0) is 17.1 Å². The molecule has 7 heteroatoms. The summed E-state index contributed by atoms with van der Waals surface area (Å²) in [5.41, 5.74) is 5.37. The lowest BCUT2D eigenvalue weighted by Crippen LogP contribution is -2.55. The third-order valence-corrected chi connectivity index (χ3v) is 5.91. The van der Waals surface area contributed by atoms with E-state index in [-0.39, 0.29) is 4.90 Å². The Morgan fingerprint density at radius 2 is 2.15 bits per heavy atom. The zero-order chi connectivity index (χ0) is 14.8. The molecule has 114 valence electrons. The third kappa shape index (κ3) is 3.21. The van der Waals surface area contributed by atoms with Crippen molar-refractivity contribution in [1.29, 1.82) is 0 Å². The van der Waals surface area contributed by atoms with E-state index >= 15 is 0 Å². The molecule has 1 aliphatic rings. The van der Waals surface area contributed by atoms with Gasteiger partial charge in [-0.25, -0.2) is 13.1 Å². The van der Waals surface area contributed by atoms with Crippen LogP contribution in [0.15, 0.2) is 17.3 Å². The Kier molecular flexibility index (Phi) is 4.51. The van der Waals surface area contributed by atoms with E-state index in [0.717, 1.165) is 32.1 Å². The lowest BCUT2D eigenvalue weighted by atomic mass is 9.76. The van der Waals surface area contributed by atoms with Gasteiger partial charge in [0.2, 0.25) is 10.0 Å². The first-order valence-electron chi connectivity index (χ1n) is 7.13. The molecule has 0 bridgehead atoms. The fraction of sp³-hybridized carbons (Fsp3) is 0.769. The molecule has 6 nitrogen and oxygen atoms in total. The molecule has 20 heavy (non-hydrogen) atoms. The molecule has 0 atom stereocenters. The standard InChI is InChI=1S/C13H24N4O2S/c1-3-11-4-6-13(10-14,7-5-11)16-20(18,19)12-8-15-17(2)9-12/h8-9,11,16H,3-7,10,14H2,1-2H3. The first-order chi connectivity index (χ1) is 9.41. The van der Waals surface area contributed by atoms with Crippen molar-refractivity contribution in [3.63, 3.8) is 0 Å². The van der Waals surface area contributed by atoms with Crippen LogP contribution in [0.25, 0.3) is 0 Å². The first-order valence-corrected chi connectivity index (χ1v) is 8.62. The molecule has 1 fully saturated rings. The highest BCUT2D eigenvalue weighted by atomic mass is 32.2. The number of nitrogens with one attached hydrogen (secondary N) is 1. The summed E-state index contributed by atoms with van der Waals surface area (Å²) in [7, 11) is -1.85. The van der Waals surface area contributed by atoms with Crippen molar-refractivity contribution in [2.45, 2.75) is 49.5 Å². The van der Waals surface area contributed by atoms with Gasteiger partial charge in [0.15, 0.2) is 0 Å². The lowest BCUT2D eigenvalue weighted by molar-refractivity contribution is 0.217.